The van der Waals surface area contributed by atoms with Gasteiger partial charge >= 0.3 is 0 Å². The molecule has 4 nitrogen and oxygen atoms in total. The second-order valence-electron chi connectivity index (χ2n) is 4.11. The van der Waals surface area contributed by atoms with Crippen molar-refractivity contribution >= 4 is 5.91 Å². The van der Waals surface area contributed by atoms with Crippen molar-refractivity contribution in [1.29, 1.82) is 0 Å². The van der Waals surface area contributed by atoms with Crippen molar-refractivity contribution in [2.75, 3.05) is 13.6 Å². The number of nitrogens with zero attached hydrogens (tertiary/aromatic N) is 1. The van der Waals surface area contributed by atoms with Crippen molar-refractivity contribution in [1.82, 2.24) is 10.2 Å². The Balaban J connectivity index is 2.63. The van der Waals surface area contributed by atoms with Gasteiger partial charge in [0.2, 0.25) is 5.91 Å². The van der Waals surface area contributed by atoms with Gasteiger partial charge in [-0.1, -0.05) is 0 Å². The molecule has 0 spiro atoms. The summed E-state index contributed by atoms with van der Waals surface area (Å²) in [7, 11) is 1.69. The summed E-state index contributed by atoms with van der Waals surface area (Å²) in [5.41, 5.74) is 5.85. The Morgan fingerprint density at radius 1 is 1.57 bits per heavy atom. The molecule has 0 bridgehead atoms. The van der Waals surface area contributed by atoms with Crippen LogP contribution in [0.1, 0.15) is 26.7 Å². The number of hydrogen-bond acceptors (Lipinski definition) is 3. The summed E-state index contributed by atoms with van der Waals surface area (Å²) < 4.78 is 0. The molecule has 1 saturated heterocycles. The number of nitrogens with two attached hydrogens (primary N) is 1. The fourth-order valence-electron chi connectivity index (χ4n) is 2.03. The van der Waals surface area contributed by atoms with Crippen molar-refractivity contribution in [2.24, 2.45) is 5.73 Å². The molecule has 0 aromatic rings. The maximum atomic E-state index is 11.6. The first kappa shape index (κ1) is 11.5. The van der Waals surface area contributed by atoms with Gasteiger partial charge in [0.05, 0.1) is 6.04 Å². The number of likely N-dealkylation sites (N-methyl/N-ethyl adjacent to an activating group) is 1. The average molecular weight is 199 g/mol. The van der Waals surface area contributed by atoms with E-state index in [1.165, 1.54) is 0 Å². The molecule has 0 aromatic carbocycles. The molecule has 14 heavy (non-hydrogen) atoms. The molecular formula is C10H21N3O. The van der Waals surface area contributed by atoms with Gasteiger partial charge in [-0.05, 0) is 33.2 Å². The van der Waals surface area contributed by atoms with Gasteiger partial charge in [-0.2, -0.15) is 0 Å². The molecule has 0 aliphatic carbocycles. The second kappa shape index (κ2) is 4.75. The lowest BCUT2D eigenvalue weighted by molar-refractivity contribution is -0.125. The summed E-state index contributed by atoms with van der Waals surface area (Å²) in [5.74, 6) is 0.120. The number of hydrogen-bond donors (Lipinski definition) is 2. The summed E-state index contributed by atoms with van der Waals surface area (Å²) in [6.07, 6.45) is 2.05. The van der Waals surface area contributed by atoms with E-state index in [1.54, 1.807) is 7.05 Å². The van der Waals surface area contributed by atoms with E-state index in [0.717, 1.165) is 19.4 Å². The third-order valence-electron chi connectivity index (χ3n) is 3.13. The minimum absolute atomic E-state index is 0.0287. The van der Waals surface area contributed by atoms with Gasteiger partial charge in [-0.25, -0.2) is 0 Å². The highest BCUT2D eigenvalue weighted by Crippen LogP contribution is 2.21. The van der Waals surface area contributed by atoms with Crippen LogP contribution in [0, 0.1) is 0 Å². The number of likely N-dealkylation sites (tertiary alicyclic amines) is 1. The van der Waals surface area contributed by atoms with Crippen LogP contribution >= 0.6 is 0 Å². The first-order valence-electron chi connectivity index (χ1n) is 5.31. The molecule has 3 N–H and O–H groups in total. The van der Waals surface area contributed by atoms with E-state index < -0.39 is 0 Å². The van der Waals surface area contributed by atoms with E-state index in [2.05, 4.69) is 17.1 Å². The van der Waals surface area contributed by atoms with E-state index in [-0.39, 0.29) is 24.0 Å². The highest BCUT2D eigenvalue weighted by atomic mass is 16.2. The minimum Gasteiger partial charge on any atom is -0.358 e. The summed E-state index contributed by atoms with van der Waals surface area (Å²) in [6.45, 7) is 5.07. The Kier molecular flexibility index (Phi) is 3.89. The van der Waals surface area contributed by atoms with E-state index in [4.69, 9.17) is 5.73 Å². The maximum absolute atomic E-state index is 11.6. The van der Waals surface area contributed by atoms with Crippen LogP contribution < -0.4 is 11.1 Å². The number of nitrogens with one attached hydrogen (secondary N) is 1. The Hall–Kier alpha value is -0.610. The van der Waals surface area contributed by atoms with Gasteiger partial charge in [0, 0.05) is 19.1 Å². The van der Waals surface area contributed by atoms with E-state index in [0.29, 0.717) is 0 Å². The van der Waals surface area contributed by atoms with Crippen molar-refractivity contribution in [3.8, 4) is 0 Å². The Labute approximate surface area is 85.8 Å². The zero-order chi connectivity index (χ0) is 10.7. The summed E-state index contributed by atoms with van der Waals surface area (Å²) in [6, 6.07) is 0.418. The lowest BCUT2D eigenvalue weighted by Gasteiger charge is -2.31. The Morgan fingerprint density at radius 2 is 2.21 bits per heavy atom. The molecular weight excluding hydrogens is 178 g/mol. The minimum atomic E-state index is 0.0287. The summed E-state index contributed by atoms with van der Waals surface area (Å²) >= 11 is 0. The molecule has 0 radical (unpaired) electrons. The van der Waals surface area contributed by atoms with Gasteiger partial charge in [0.15, 0.2) is 0 Å². The highest BCUT2D eigenvalue weighted by molar-refractivity contribution is 5.81. The van der Waals surface area contributed by atoms with E-state index >= 15 is 0 Å². The predicted molar refractivity (Wildman–Crippen MR) is 56.9 cm³/mol. The lowest BCUT2D eigenvalue weighted by atomic mass is 10.1. The van der Waals surface area contributed by atoms with Crippen molar-refractivity contribution in [3.63, 3.8) is 0 Å². The third kappa shape index (κ3) is 2.25. The van der Waals surface area contributed by atoms with Gasteiger partial charge in [0.25, 0.3) is 0 Å². The molecule has 82 valence electrons. The number of rotatable bonds is 3. The smallest absolute Gasteiger partial charge is 0.237 e. The SMILES string of the molecule is CNC(=O)C1CCCN1C(C)C(C)N. The van der Waals surface area contributed by atoms with Crippen molar-refractivity contribution < 1.29 is 4.79 Å². The average Bonchev–Trinajstić information content (AvgIpc) is 2.63. The van der Waals surface area contributed by atoms with Crippen LogP contribution in [0.15, 0.2) is 0 Å². The highest BCUT2D eigenvalue weighted by Gasteiger charge is 2.34. The Morgan fingerprint density at radius 3 is 2.71 bits per heavy atom. The molecule has 1 heterocycles. The van der Waals surface area contributed by atoms with Crippen molar-refractivity contribution in [2.45, 2.75) is 44.8 Å². The molecule has 0 saturated carbocycles. The first-order chi connectivity index (χ1) is 6.57. The zero-order valence-electron chi connectivity index (χ0n) is 9.29. The summed E-state index contributed by atoms with van der Waals surface area (Å²) in [4.78, 5) is 13.8. The van der Waals surface area contributed by atoms with Crippen LogP contribution in [-0.4, -0.2) is 42.5 Å². The monoisotopic (exact) mass is 199 g/mol. The topological polar surface area (TPSA) is 58.4 Å². The molecule has 1 aliphatic heterocycles. The fraction of sp³-hybridized carbons (Fsp3) is 0.900. The maximum Gasteiger partial charge on any atom is 0.237 e. The van der Waals surface area contributed by atoms with Gasteiger partial charge in [0.1, 0.15) is 0 Å². The normalized spacial score (nSPS) is 27.3. The van der Waals surface area contributed by atoms with Crippen LogP contribution in [0.4, 0.5) is 0 Å². The zero-order valence-corrected chi connectivity index (χ0v) is 9.29. The number of amides is 1. The first-order valence-corrected chi connectivity index (χ1v) is 5.31. The number of carbonyl (C=O) groups excluding carboxylic acids is 1. The molecule has 1 fully saturated rings. The third-order valence-corrected chi connectivity index (χ3v) is 3.13. The van der Waals surface area contributed by atoms with E-state index in [9.17, 15) is 4.79 Å². The molecule has 0 aromatic heterocycles. The fourth-order valence-corrected chi connectivity index (χ4v) is 2.03. The summed E-state index contributed by atoms with van der Waals surface area (Å²) in [5, 5.41) is 2.71. The second-order valence-corrected chi connectivity index (χ2v) is 4.11. The Bertz CT molecular complexity index is 206. The molecule has 1 amide bonds. The van der Waals surface area contributed by atoms with Gasteiger partial charge in [-0.3, -0.25) is 9.69 Å². The molecule has 4 heteroatoms. The molecule has 3 unspecified atom stereocenters. The molecule has 1 aliphatic rings. The predicted octanol–water partition coefficient (Wildman–Crippen LogP) is -0.0675. The van der Waals surface area contributed by atoms with Crippen molar-refractivity contribution in [3.05, 3.63) is 0 Å². The van der Waals surface area contributed by atoms with Crippen LogP contribution in [0.25, 0.3) is 0 Å². The van der Waals surface area contributed by atoms with Crippen LogP contribution in [0.3, 0.4) is 0 Å². The van der Waals surface area contributed by atoms with Gasteiger partial charge < -0.3 is 11.1 Å². The lowest BCUT2D eigenvalue weighted by Crippen LogP contribution is -2.51. The number of carbonyl (C=O) groups is 1. The van der Waals surface area contributed by atoms with Crippen LogP contribution in [-0.2, 0) is 4.79 Å². The standard InChI is InChI=1S/C10H21N3O/c1-7(11)8(2)13-6-4-5-9(13)10(14)12-3/h7-9H,4-6,11H2,1-3H3,(H,12,14). The van der Waals surface area contributed by atoms with Crippen LogP contribution in [0.2, 0.25) is 0 Å². The van der Waals surface area contributed by atoms with Crippen LogP contribution in [0.5, 0.6) is 0 Å². The van der Waals surface area contributed by atoms with E-state index in [1.807, 2.05) is 6.92 Å². The molecule has 1 rings (SSSR count). The van der Waals surface area contributed by atoms with Gasteiger partial charge in [-0.15, -0.1) is 0 Å². The quantitative estimate of drug-likeness (QED) is 0.669. The largest absolute Gasteiger partial charge is 0.358 e. The molecule has 3 atom stereocenters.